The van der Waals surface area contributed by atoms with Crippen LogP contribution in [0.15, 0.2) is 18.2 Å². The van der Waals surface area contributed by atoms with Gasteiger partial charge in [0.05, 0.1) is 13.2 Å². The van der Waals surface area contributed by atoms with Crippen LogP contribution in [0.3, 0.4) is 0 Å². The van der Waals surface area contributed by atoms with Crippen LogP contribution in [0, 0.1) is 13.8 Å². The molecule has 0 aliphatic carbocycles. The Hall–Kier alpha value is -1.85. The number of carbonyl (C=O) groups is 1. The Labute approximate surface area is 124 Å². The predicted molar refractivity (Wildman–Crippen MR) is 82.6 cm³/mol. The lowest BCUT2D eigenvalue weighted by Gasteiger charge is -2.04. The van der Waals surface area contributed by atoms with Gasteiger partial charge in [-0.3, -0.25) is 4.79 Å². The molecule has 3 N–H and O–H groups in total. The molecule has 5 nitrogen and oxygen atoms in total. The van der Waals surface area contributed by atoms with E-state index in [1.165, 1.54) is 11.1 Å². The van der Waals surface area contributed by atoms with E-state index in [0.29, 0.717) is 25.5 Å². The number of fused-ring (bicyclic) bond motifs is 1. The van der Waals surface area contributed by atoms with Gasteiger partial charge in [0.2, 0.25) is 0 Å². The first-order chi connectivity index (χ1) is 10.1. The van der Waals surface area contributed by atoms with E-state index in [9.17, 15) is 4.79 Å². The van der Waals surface area contributed by atoms with Crippen LogP contribution in [0.2, 0.25) is 0 Å². The first kappa shape index (κ1) is 15.5. The van der Waals surface area contributed by atoms with Crippen molar-refractivity contribution in [2.45, 2.75) is 20.3 Å². The minimum atomic E-state index is -0.106. The Kier molecular flexibility index (Phi) is 5.36. The first-order valence-corrected chi connectivity index (χ1v) is 7.19. The summed E-state index contributed by atoms with van der Waals surface area (Å²) in [5, 5.41) is 12.5. The van der Waals surface area contributed by atoms with Crippen molar-refractivity contribution in [3.8, 4) is 0 Å². The third kappa shape index (κ3) is 3.83. The largest absolute Gasteiger partial charge is 0.394 e. The SMILES string of the molecule is Cc1ccc2[nH]c(C(=O)NCCCOCCO)cc2c1C. The summed E-state index contributed by atoms with van der Waals surface area (Å²) in [5.41, 5.74) is 3.97. The number of ether oxygens (including phenoxy) is 1. The molecular formula is C16H22N2O3. The number of hydrogen-bond acceptors (Lipinski definition) is 3. The smallest absolute Gasteiger partial charge is 0.267 e. The third-order valence-corrected chi connectivity index (χ3v) is 3.57. The molecule has 21 heavy (non-hydrogen) atoms. The molecule has 1 aromatic carbocycles. The lowest BCUT2D eigenvalue weighted by Crippen LogP contribution is -2.25. The maximum atomic E-state index is 12.1. The van der Waals surface area contributed by atoms with Crippen LogP contribution in [0.5, 0.6) is 0 Å². The fraction of sp³-hybridized carbons (Fsp3) is 0.438. The van der Waals surface area contributed by atoms with Crippen molar-refractivity contribution in [3.63, 3.8) is 0 Å². The van der Waals surface area contributed by atoms with Gasteiger partial charge in [0, 0.05) is 24.1 Å². The Balaban J connectivity index is 1.92. The average molecular weight is 290 g/mol. The van der Waals surface area contributed by atoms with Crippen LogP contribution in [-0.2, 0) is 4.74 Å². The fourth-order valence-electron chi connectivity index (χ4n) is 2.22. The van der Waals surface area contributed by atoms with Gasteiger partial charge in [0.25, 0.3) is 5.91 Å². The van der Waals surface area contributed by atoms with Crippen LogP contribution in [-0.4, -0.2) is 42.4 Å². The second-order valence-corrected chi connectivity index (χ2v) is 5.10. The summed E-state index contributed by atoms with van der Waals surface area (Å²) in [4.78, 5) is 15.2. The summed E-state index contributed by atoms with van der Waals surface area (Å²) >= 11 is 0. The maximum absolute atomic E-state index is 12.1. The normalized spacial score (nSPS) is 11.0. The molecule has 2 aromatic rings. The van der Waals surface area contributed by atoms with E-state index in [1.807, 2.05) is 18.2 Å². The van der Waals surface area contributed by atoms with Crippen molar-refractivity contribution in [2.75, 3.05) is 26.4 Å². The molecule has 0 fully saturated rings. The molecule has 1 amide bonds. The number of hydrogen-bond donors (Lipinski definition) is 3. The van der Waals surface area contributed by atoms with E-state index in [-0.39, 0.29) is 12.5 Å². The molecule has 5 heteroatoms. The molecule has 0 aliphatic heterocycles. The molecule has 0 spiro atoms. The maximum Gasteiger partial charge on any atom is 0.267 e. The van der Waals surface area contributed by atoms with Gasteiger partial charge in [-0.05, 0) is 43.5 Å². The van der Waals surface area contributed by atoms with Crippen LogP contribution in [0.25, 0.3) is 10.9 Å². The highest BCUT2D eigenvalue weighted by atomic mass is 16.5. The Morgan fingerprint density at radius 1 is 1.33 bits per heavy atom. The molecule has 1 aromatic heterocycles. The zero-order valence-corrected chi connectivity index (χ0v) is 12.5. The van der Waals surface area contributed by atoms with Crippen molar-refractivity contribution in [3.05, 3.63) is 35.0 Å². The Bertz CT molecular complexity index is 619. The van der Waals surface area contributed by atoms with E-state index in [0.717, 1.165) is 17.3 Å². The van der Waals surface area contributed by atoms with Gasteiger partial charge in [0.1, 0.15) is 5.69 Å². The number of aromatic amines is 1. The summed E-state index contributed by atoms with van der Waals surface area (Å²) in [6.45, 7) is 5.58. The monoisotopic (exact) mass is 290 g/mol. The third-order valence-electron chi connectivity index (χ3n) is 3.57. The number of rotatable bonds is 7. The number of aliphatic hydroxyl groups is 1. The van der Waals surface area contributed by atoms with Gasteiger partial charge in [0.15, 0.2) is 0 Å². The summed E-state index contributed by atoms with van der Waals surface area (Å²) in [7, 11) is 0. The summed E-state index contributed by atoms with van der Waals surface area (Å²) in [5.74, 6) is -0.106. The predicted octanol–water partition coefficient (Wildman–Crippen LogP) is 1.91. The number of aromatic nitrogens is 1. The molecule has 0 atom stereocenters. The molecule has 1 heterocycles. The highest BCUT2D eigenvalue weighted by Gasteiger charge is 2.10. The van der Waals surface area contributed by atoms with Crippen molar-refractivity contribution in [1.29, 1.82) is 0 Å². The van der Waals surface area contributed by atoms with Gasteiger partial charge >= 0.3 is 0 Å². The quantitative estimate of drug-likeness (QED) is 0.682. The molecular weight excluding hydrogens is 268 g/mol. The molecule has 2 rings (SSSR count). The van der Waals surface area contributed by atoms with E-state index in [1.54, 1.807) is 0 Å². The first-order valence-electron chi connectivity index (χ1n) is 7.19. The standard InChI is InChI=1S/C16H22N2O3/c1-11-4-5-14-13(12(11)2)10-15(18-14)16(20)17-6-3-8-21-9-7-19/h4-5,10,18-19H,3,6-9H2,1-2H3,(H,17,20). The van der Waals surface area contributed by atoms with Gasteiger partial charge in [-0.25, -0.2) is 0 Å². The second-order valence-electron chi connectivity index (χ2n) is 5.10. The van der Waals surface area contributed by atoms with Crippen molar-refractivity contribution < 1.29 is 14.6 Å². The minimum absolute atomic E-state index is 0.0280. The molecule has 0 bridgehead atoms. The van der Waals surface area contributed by atoms with Gasteiger partial charge in [-0.1, -0.05) is 6.07 Å². The number of aliphatic hydroxyl groups excluding tert-OH is 1. The molecule has 0 saturated carbocycles. The molecule has 0 unspecified atom stereocenters. The average Bonchev–Trinajstić information content (AvgIpc) is 2.91. The Morgan fingerprint density at radius 2 is 2.14 bits per heavy atom. The van der Waals surface area contributed by atoms with Gasteiger partial charge in [-0.2, -0.15) is 0 Å². The molecule has 0 saturated heterocycles. The highest BCUT2D eigenvalue weighted by molar-refractivity contribution is 5.99. The zero-order chi connectivity index (χ0) is 15.2. The van der Waals surface area contributed by atoms with E-state index < -0.39 is 0 Å². The minimum Gasteiger partial charge on any atom is -0.394 e. The highest BCUT2D eigenvalue weighted by Crippen LogP contribution is 2.22. The zero-order valence-electron chi connectivity index (χ0n) is 12.5. The van der Waals surface area contributed by atoms with Crippen LogP contribution >= 0.6 is 0 Å². The van der Waals surface area contributed by atoms with Gasteiger partial charge < -0.3 is 20.1 Å². The molecule has 114 valence electrons. The van der Waals surface area contributed by atoms with E-state index in [4.69, 9.17) is 9.84 Å². The van der Waals surface area contributed by atoms with Crippen LogP contribution in [0.1, 0.15) is 28.0 Å². The summed E-state index contributed by atoms with van der Waals surface area (Å²) < 4.78 is 5.14. The number of benzene rings is 1. The number of carbonyl (C=O) groups excluding carboxylic acids is 1. The molecule has 0 radical (unpaired) electrons. The van der Waals surface area contributed by atoms with Crippen molar-refractivity contribution >= 4 is 16.8 Å². The van der Waals surface area contributed by atoms with E-state index in [2.05, 4.69) is 24.1 Å². The van der Waals surface area contributed by atoms with Crippen LogP contribution in [0.4, 0.5) is 0 Å². The summed E-state index contributed by atoms with van der Waals surface area (Å²) in [6, 6.07) is 5.95. The number of amides is 1. The number of H-pyrrole nitrogens is 1. The summed E-state index contributed by atoms with van der Waals surface area (Å²) in [6.07, 6.45) is 0.726. The van der Waals surface area contributed by atoms with E-state index >= 15 is 0 Å². The number of nitrogens with one attached hydrogen (secondary N) is 2. The lowest BCUT2D eigenvalue weighted by molar-refractivity contribution is 0.0866. The topological polar surface area (TPSA) is 74.4 Å². The second kappa shape index (κ2) is 7.24. The molecule has 0 aliphatic rings. The van der Waals surface area contributed by atoms with Gasteiger partial charge in [-0.15, -0.1) is 0 Å². The Morgan fingerprint density at radius 3 is 2.90 bits per heavy atom. The lowest BCUT2D eigenvalue weighted by atomic mass is 10.1. The fourth-order valence-corrected chi connectivity index (χ4v) is 2.22. The van der Waals surface area contributed by atoms with Crippen molar-refractivity contribution in [1.82, 2.24) is 10.3 Å². The number of aryl methyl sites for hydroxylation is 2. The van der Waals surface area contributed by atoms with Crippen LogP contribution < -0.4 is 5.32 Å². The van der Waals surface area contributed by atoms with Crippen molar-refractivity contribution in [2.24, 2.45) is 0 Å².